The highest BCUT2D eigenvalue weighted by Crippen LogP contribution is 2.21. The van der Waals surface area contributed by atoms with Gasteiger partial charge in [-0.2, -0.15) is 0 Å². The molecule has 0 saturated heterocycles. The molecule has 2 nitrogen and oxygen atoms in total. The molecule has 2 rings (SSSR count). The van der Waals surface area contributed by atoms with Crippen LogP contribution in [-0.4, -0.2) is 11.1 Å². The van der Waals surface area contributed by atoms with Crippen LogP contribution in [0.15, 0.2) is 54.6 Å². The highest BCUT2D eigenvalue weighted by molar-refractivity contribution is 6.21. The first-order valence-electron chi connectivity index (χ1n) is 5.74. The van der Waals surface area contributed by atoms with Crippen LogP contribution in [0.2, 0.25) is 0 Å². The van der Waals surface area contributed by atoms with Crippen molar-refractivity contribution in [2.24, 2.45) is 0 Å². The number of benzene rings is 2. The Morgan fingerprint density at radius 3 is 2.22 bits per heavy atom. The number of hydrogen-bond donors (Lipinski definition) is 1. The molecule has 0 bridgehead atoms. The van der Waals surface area contributed by atoms with Gasteiger partial charge in [0.15, 0.2) is 0 Å². The average Bonchev–Trinajstić information content (AvgIpc) is 2.38. The zero-order chi connectivity index (χ0) is 13.0. The quantitative estimate of drug-likeness (QED) is 0.655. The molecule has 0 aliphatic heterocycles. The molecule has 2 aromatic rings. The minimum Gasteiger partial charge on any atom is -0.478 e. The summed E-state index contributed by atoms with van der Waals surface area (Å²) in [5.74, 6) is -0.909. The van der Waals surface area contributed by atoms with Gasteiger partial charge in [-0.15, -0.1) is 0 Å². The van der Waals surface area contributed by atoms with E-state index >= 15 is 0 Å². The normalized spacial score (nSPS) is 11.3. The first-order chi connectivity index (χ1) is 8.68. The van der Waals surface area contributed by atoms with Crippen LogP contribution >= 0.6 is 0 Å². The van der Waals surface area contributed by atoms with Gasteiger partial charge in [-0.25, -0.2) is 4.79 Å². The van der Waals surface area contributed by atoms with Crippen LogP contribution in [0.5, 0.6) is 0 Å². The molecule has 0 spiro atoms. The second-order valence-electron chi connectivity index (χ2n) is 4.09. The lowest BCUT2D eigenvalue weighted by Crippen LogP contribution is -2.01. The fourth-order valence-corrected chi connectivity index (χ4v) is 1.85. The van der Waals surface area contributed by atoms with Crippen molar-refractivity contribution in [3.63, 3.8) is 0 Å². The summed E-state index contributed by atoms with van der Waals surface area (Å²) in [5, 5.41) is 9.34. The summed E-state index contributed by atoms with van der Waals surface area (Å²) in [7, 11) is 0. The summed E-state index contributed by atoms with van der Waals surface area (Å²) in [4.78, 5) is 11.4. The maximum Gasteiger partial charge on any atom is 0.336 e. The number of aryl methyl sites for hydroxylation is 1. The third-order valence-corrected chi connectivity index (χ3v) is 2.78. The lowest BCUT2D eigenvalue weighted by molar-refractivity contribution is -0.130. The van der Waals surface area contributed by atoms with Crippen LogP contribution in [0.1, 0.15) is 16.7 Å². The highest BCUT2D eigenvalue weighted by atomic mass is 16.4. The number of rotatable bonds is 3. The summed E-state index contributed by atoms with van der Waals surface area (Å²) in [5.41, 5.74) is 2.92. The van der Waals surface area contributed by atoms with E-state index in [1.54, 1.807) is 6.08 Å². The van der Waals surface area contributed by atoms with E-state index in [0.717, 1.165) is 16.7 Å². The van der Waals surface area contributed by atoms with E-state index in [1.165, 1.54) is 0 Å². The fourth-order valence-electron chi connectivity index (χ4n) is 1.85. The lowest BCUT2D eigenvalue weighted by Gasteiger charge is -2.06. The van der Waals surface area contributed by atoms with Crippen molar-refractivity contribution in [1.29, 1.82) is 0 Å². The zero-order valence-corrected chi connectivity index (χ0v) is 10.1. The minimum absolute atomic E-state index is 0.319. The summed E-state index contributed by atoms with van der Waals surface area (Å²) >= 11 is 0. The zero-order valence-electron chi connectivity index (χ0n) is 10.1. The van der Waals surface area contributed by atoms with Gasteiger partial charge in [0.05, 0.1) is 5.57 Å². The minimum atomic E-state index is -0.909. The van der Waals surface area contributed by atoms with E-state index < -0.39 is 5.97 Å². The van der Waals surface area contributed by atoms with E-state index in [4.69, 9.17) is 0 Å². The molecule has 18 heavy (non-hydrogen) atoms. The average molecular weight is 238 g/mol. The van der Waals surface area contributed by atoms with Crippen LogP contribution in [0.4, 0.5) is 0 Å². The van der Waals surface area contributed by atoms with E-state index in [-0.39, 0.29) is 0 Å². The Balaban J connectivity index is 2.51. The van der Waals surface area contributed by atoms with Crippen molar-refractivity contribution in [1.82, 2.24) is 0 Å². The predicted molar refractivity (Wildman–Crippen MR) is 73.1 cm³/mol. The maximum absolute atomic E-state index is 11.4. The Morgan fingerprint density at radius 2 is 1.61 bits per heavy atom. The van der Waals surface area contributed by atoms with Crippen LogP contribution in [0.3, 0.4) is 0 Å². The third-order valence-electron chi connectivity index (χ3n) is 2.78. The summed E-state index contributed by atoms with van der Waals surface area (Å²) in [6.07, 6.45) is 1.70. The molecule has 0 amide bonds. The SMILES string of the molecule is Cc1ccccc1/C(=C\c1ccccc1)C(=O)O. The monoisotopic (exact) mass is 238 g/mol. The van der Waals surface area contributed by atoms with Gasteiger partial charge in [0, 0.05) is 0 Å². The van der Waals surface area contributed by atoms with Crippen LogP contribution in [0.25, 0.3) is 11.6 Å². The molecule has 2 aromatic carbocycles. The molecule has 1 N–H and O–H groups in total. The molecule has 0 radical (unpaired) electrons. The molecular formula is C16H14O2. The molecule has 0 atom stereocenters. The van der Waals surface area contributed by atoms with E-state index in [2.05, 4.69) is 0 Å². The van der Waals surface area contributed by atoms with Crippen LogP contribution in [-0.2, 0) is 4.79 Å². The Morgan fingerprint density at radius 1 is 1.00 bits per heavy atom. The standard InChI is InChI=1S/C16H14O2/c1-12-7-5-6-10-14(12)15(16(17)18)11-13-8-3-2-4-9-13/h2-11H,1H3,(H,17,18)/b15-11+. The first-order valence-corrected chi connectivity index (χ1v) is 5.74. The van der Waals surface area contributed by atoms with Gasteiger partial charge < -0.3 is 5.11 Å². The molecule has 0 aromatic heterocycles. The largest absolute Gasteiger partial charge is 0.478 e. The summed E-state index contributed by atoms with van der Waals surface area (Å²) in [6.45, 7) is 1.91. The first kappa shape index (κ1) is 12.1. The second-order valence-corrected chi connectivity index (χ2v) is 4.09. The molecule has 0 fully saturated rings. The molecule has 2 heteroatoms. The van der Waals surface area contributed by atoms with Crippen molar-refractivity contribution >= 4 is 17.6 Å². The maximum atomic E-state index is 11.4. The van der Waals surface area contributed by atoms with Gasteiger partial charge in [0.1, 0.15) is 0 Å². The Labute approximate surface area is 106 Å². The topological polar surface area (TPSA) is 37.3 Å². The van der Waals surface area contributed by atoms with E-state index in [9.17, 15) is 9.90 Å². The van der Waals surface area contributed by atoms with Gasteiger partial charge >= 0.3 is 5.97 Å². The lowest BCUT2D eigenvalue weighted by atomic mass is 9.98. The van der Waals surface area contributed by atoms with Gasteiger partial charge in [-0.05, 0) is 29.7 Å². The Kier molecular flexibility index (Phi) is 3.58. The third kappa shape index (κ3) is 2.66. The van der Waals surface area contributed by atoms with Gasteiger partial charge in [0.25, 0.3) is 0 Å². The van der Waals surface area contributed by atoms with Crippen molar-refractivity contribution < 1.29 is 9.90 Å². The van der Waals surface area contributed by atoms with Crippen LogP contribution < -0.4 is 0 Å². The van der Waals surface area contributed by atoms with Gasteiger partial charge in [0.2, 0.25) is 0 Å². The van der Waals surface area contributed by atoms with Gasteiger partial charge in [-0.1, -0.05) is 54.6 Å². The predicted octanol–water partition coefficient (Wildman–Crippen LogP) is 3.62. The van der Waals surface area contributed by atoms with Crippen LogP contribution in [0, 0.1) is 6.92 Å². The molecule has 0 unspecified atom stereocenters. The molecule has 0 saturated carbocycles. The van der Waals surface area contributed by atoms with Crippen molar-refractivity contribution in [3.05, 3.63) is 71.3 Å². The Hall–Kier alpha value is -2.35. The summed E-state index contributed by atoms with van der Waals surface area (Å²) in [6, 6.07) is 17.0. The second kappa shape index (κ2) is 5.32. The highest BCUT2D eigenvalue weighted by Gasteiger charge is 2.12. The molecule has 0 heterocycles. The molecule has 0 aliphatic rings. The molecule has 90 valence electrons. The number of carbonyl (C=O) groups is 1. The van der Waals surface area contributed by atoms with E-state index in [1.807, 2.05) is 61.5 Å². The van der Waals surface area contributed by atoms with Crippen molar-refractivity contribution in [2.75, 3.05) is 0 Å². The number of hydrogen-bond acceptors (Lipinski definition) is 1. The van der Waals surface area contributed by atoms with Crippen molar-refractivity contribution in [3.8, 4) is 0 Å². The molecule has 0 aliphatic carbocycles. The Bertz CT molecular complexity index is 583. The number of carboxylic acids is 1. The smallest absolute Gasteiger partial charge is 0.336 e. The van der Waals surface area contributed by atoms with E-state index in [0.29, 0.717) is 5.57 Å². The van der Waals surface area contributed by atoms with Crippen molar-refractivity contribution in [2.45, 2.75) is 6.92 Å². The number of aliphatic carboxylic acids is 1. The molecular weight excluding hydrogens is 224 g/mol. The summed E-state index contributed by atoms with van der Waals surface area (Å²) < 4.78 is 0. The fraction of sp³-hybridized carbons (Fsp3) is 0.0625. The number of carboxylic acid groups (broad SMARTS) is 1. The van der Waals surface area contributed by atoms with Gasteiger partial charge in [-0.3, -0.25) is 0 Å².